The molecule has 0 heterocycles. The number of rotatable bonds is 14. The van der Waals surface area contributed by atoms with Crippen LogP contribution in [0, 0.1) is 0 Å². The van der Waals surface area contributed by atoms with Gasteiger partial charge < -0.3 is 35.8 Å². The van der Waals surface area contributed by atoms with E-state index in [1.54, 1.807) is 18.2 Å². The van der Waals surface area contributed by atoms with Gasteiger partial charge in [0.05, 0.1) is 40.0 Å². The Hall–Kier alpha value is -3.51. The maximum atomic E-state index is 12.4. The highest BCUT2D eigenvalue weighted by Gasteiger charge is 2.14. The highest BCUT2D eigenvalue weighted by Crippen LogP contribution is 2.19. The predicted molar refractivity (Wildman–Crippen MR) is 121 cm³/mol. The van der Waals surface area contributed by atoms with E-state index in [1.165, 1.54) is 19.1 Å². The summed E-state index contributed by atoms with van der Waals surface area (Å²) in [5.41, 5.74) is 1.51. The number of hydrogen-bond donors (Lipinski definition) is 5. The molecule has 0 spiro atoms. The fourth-order valence-corrected chi connectivity index (χ4v) is 2.78. The molecule has 5 N–H and O–H groups in total. The number of likely N-dealkylation sites (N-methyl/N-ethyl adjacent to an activating group) is 1. The third-order valence-electron chi connectivity index (χ3n) is 4.76. The lowest BCUT2D eigenvalue weighted by atomic mass is 10.1. The van der Waals surface area contributed by atoms with E-state index in [1.807, 2.05) is 0 Å². The van der Waals surface area contributed by atoms with Crippen molar-refractivity contribution in [3.63, 3.8) is 0 Å². The second-order valence-electron chi connectivity index (χ2n) is 7.39. The van der Waals surface area contributed by atoms with Crippen LogP contribution < -0.4 is 20.9 Å². The molecular formula is C22H32N4O8. The number of nitrogens with zero attached hydrogens (tertiary/aromatic N) is 1. The van der Waals surface area contributed by atoms with Crippen molar-refractivity contribution in [3.05, 3.63) is 29.3 Å². The zero-order chi connectivity index (χ0) is 25.5. The average molecular weight is 481 g/mol. The molecule has 0 aromatic heterocycles. The van der Waals surface area contributed by atoms with Crippen molar-refractivity contribution in [2.24, 2.45) is 0 Å². The molecule has 1 aromatic rings. The lowest BCUT2D eigenvalue weighted by molar-refractivity contribution is -0.140. The van der Waals surface area contributed by atoms with Gasteiger partial charge >= 0.3 is 5.97 Å². The second kappa shape index (κ2) is 15.3. The van der Waals surface area contributed by atoms with E-state index >= 15 is 0 Å². The number of unbranched alkanes of at least 4 members (excludes halogenated alkanes) is 1. The number of carbonyl (C=O) groups excluding carboxylic acids is 5. The Kier molecular flexibility index (Phi) is 12.9. The molecule has 0 aliphatic rings. The largest absolute Gasteiger partial charge is 0.469 e. The fraction of sp³-hybridized carbons (Fsp3) is 0.500. The van der Waals surface area contributed by atoms with Crippen molar-refractivity contribution >= 4 is 35.3 Å². The number of aliphatic hydroxyl groups excluding tert-OH is 2. The molecular weight excluding hydrogens is 448 g/mol. The molecule has 0 aliphatic carbocycles. The Morgan fingerprint density at radius 3 is 1.82 bits per heavy atom. The molecule has 0 radical (unpaired) electrons. The Bertz CT molecular complexity index is 852. The van der Waals surface area contributed by atoms with E-state index in [4.69, 9.17) is 0 Å². The first kappa shape index (κ1) is 28.5. The minimum absolute atomic E-state index is 0.154. The molecule has 0 atom stereocenters. The number of aliphatic hydroxyl groups is 2. The smallest absolute Gasteiger partial charge is 0.305 e. The summed E-state index contributed by atoms with van der Waals surface area (Å²) in [5.74, 6) is -2.31. The number of methoxy groups -OCH3 is 1. The Labute approximate surface area is 197 Å². The first-order valence-electron chi connectivity index (χ1n) is 10.7. The molecule has 1 aromatic carbocycles. The summed E-state index contributed by atoms with van der Waals surface area (Å²) in [5, 5.41) is 25.8. The SMILES string of the molecule is COC(=O)CCCCC(=O)NCC(=O)NCC(=O)NCC(=O)N(C)c1cc(CO)cc(CO)c1. The van der Waals surface area contributed by atoms with Crippen molar-refractivity contribution in [2.45, 2.75) is 38.9 Å². The van der Waals surface area contributed by atoms with Crippen molar-refractivity contribution in [1.82, 2.24) is 16.0 Å². The quantitative estimate of drug-likeness (QED) is 0.162. The van der Waals surface area contributed by atoms with E-state index in [0.717, 1.165) is 0 Å². The van der Waals surface area contributed by atoms with Gasteiger partial charge in [0, 0.05) is 25.6 Å². The number of ether oxygens (including phenoxy) is 1. The van der Waals surface area contributed by atoms with Gasteiger partial charge in [-0.2, -0.15) is 0 Å². The van der Waals surface area contributed by atoms with Gasteiger partial charge in [-0.05, 0) is 36.1 Å². The van der Waals surface area contributed by atoms with Crippen LogP contribution in [0.4, 0.5) is 5.69 Å². The molecule has 0 saturated heterocycles. The molecule has 34 heavy (non-hydrogen) atoms. The standard InChI is InChI=1S/C22H32N4O8/c1-26(17-8-15(13-27)7-16(9-17)14-28)21(32)12-25-20(31)11-24-19(30)10-23-18(29)5-3-4-6-22(33)34-2/h7-9,27-28H,3-6,10-14H2,1-2H3,(H,23,29)(H,24,30)(H,25,31). The van der Waals surface area contributed by atoms with Crippen LogP contribution in [-0.2, 0) is 41.9 Å². The number of benzene rings is 1. The maximum absolute atomic E-state index is 12.4. The lowest BCUT2D eigenvalue weighted by Crippen LogP contribution is -2.44. The van der Waals surface area contributed by atoms with Gasteiger partial charge in [0.15, 0.2) is 0 Å². The molecule has 4 amide bonds. The second-order valence-corrected chi connectivity index (χ2v) is 7.39. The maximum Gasteiger partial charge on any atom is 0.305 e. The summed E-state index contributed by atoms with van der Waals surface area (Å²) in [6.45, 7) is -1.52. The average Bonchev–Trinajstić information content (AvgIpc) is 2.85. The summed E-state index contributed by atoms with van der Waals surface area (Å²) in [7, 11) is 2.78. The van der Waals surface area contributed by atoms with Crippen LogP contribution in [0.5, 0.6) is 0 Å². The Morgan fingerprint density at radius 1 is 0.794 bits per heavy atom. The summed E-state index contributed by atoms with van der Waals surface area (Å²) >= 11 is 0. The van der Waals surface area contributed by atoms with E-state index in [0.29, 0.717) is 29.7 Å². The van der Waals surface area contributed by atoms with Gasteiger partial charge in [0.2, 0.25) is 23.6 Å². The lowest BCUT2D eigenvalue weighted by Gasteiger charge is -2.19. The zero-order valence-electron chi connectivity index (χ0n) is 19.4. The molecule has 0 saturated carbocycles. The Balaban J connectivity index is 2.31. The van der Waals surface area contributed by atoms with Crippen molar-refractivity contribution in [1.29, 1.82) is 0 Å². The third-order valence-corrected chi connectivity index (χ3v) is 4.76. The van der Waals surface area contributed by atoms with Crippen molar-refractivity contribution in [3.8, 4) is 0 Å². The van der Waals surface area contributed by atoms with E-state index in [2.05, 4.69) is 20.7 Å². The first-order chi connectivity index (χ1) is 16.2. The van der Waals surface area contributed by atoms with Crippen LogP contribution in [0.25, 0.3) is 0 Å². The third kappa shape index (κ3) is 10.9. The fourth-order valence-electron chi connectivity index (χ4n) is 2.78. The Morgan fingerprint density at radius 2 is 1.29 bits per heavy atom. The van der Waals surface area contributed by atoms with Gasteiger partial charge in [0.1, 0.15) is 0 Å². The highest BCUT2D eigenvalue weighted by molar-refractivity contribution is 5.97. The van der Waals surface area contributed by atoms with Crippen LogP contribution in [0.2, 0.25) is 0 Å². The minimum atomic E-state index is -0.593. The summed E-state index contributed by atoms with van der Waals surface area (Å²) in [4.78, 5) is 60.0. The number of amides is 4. The number of hydrogen-bond acceptors (Lipinski definition) is 8. The number of esters is 1. The van der Waals surface area contributed by atoms with Gasteiger partial charge in [-0.15, -0.1) is 0 Å². The topological polar surface area (TPSA) is 174 Å². The normalized spacial score (nSPS) is 10.2. The zero-order valence-corrected chi connectivity index (χ0v) is 19.4. The van der Waals surface area contributed by atoms with Crippen molar-refractivity contribution in [2.75, 3.05) is 38.7 Å². The van der Waals surface area contributed by atoms with E-state index in [9.17, 15) is 34.2 Å². The number of carbonyl (C=O) groups is 5. The van der Waals surface area contributed by atoms with Gasteiger partial charge in [-0.1, -0.05) is 6.07 Å². The van der Waals surface area contributed by atoms with Gasteiger partial charge in [-0.3, -0.25) is 24.0 Å². The van der Waals surface area contributed by atoms with Crippen LogP contribution in [0.3, 0.4) is 0 Å². The van der Waals surface area contributed by atoms with E-state index in [-0.39, 0.29) is 57.6 Å². The molecule has 1 rings (SSSR count). The number of anilines is 1. The van der Waals surface area contributed by atoms with Crippen LogP contribution in [0.1, 0.15) is 36.8 Å². The first-order valence-corrected chi connectivity index (χ1v) is 10.7. The molecule has 12 nitrogen and oxygen atoms in total. The van der Waals surface area contributed by atoms with Gasteiger partial charge in [0.25, 0.3) is 0 Å². The van der Waals surface area contributed by atoms with Crippen LogP contribution in [0.15, 0.2) is 18.2 Å². The molecule has 12 heteroatoms. The summed E-state index contributed by atoms with van der Waals surface area (Å²) in [6.07, 6.45) is 1.34. The minimum Gasteiger partial charge on any atom is -0.469 e. The molecule has 0 bridgehead atoms. The predicted octanol–water partition coefficient (Wildman–Crippen LogP) is -1.28. The molecule has 0 unspecified atom stereocenters. The summed E-state index contributed by atoms with van der Waals surface area (Å²) in [6, 6.07) is 4.79. The molecule has 0 fully saturated rings. The van der Waals surface area contributed by atoms with Crippen LogP contribution in [-0.4, -0.2) is 73.6 Å². The monoisotopic (exact) mass is 480 g/mol. The van der Waals surface area contributed by atoms with Crippen molar-refractivity contribution < 1.29 is 38.9 Å². The van der Waals surface area contributed by atoms with Gasteiger partial charge in [-0.25, -0.2) is 0 Å². The van der Waals surface area contributed by atoms with Crippen LogP contribution >= 0.6 is 0 Å². The van der Waals surface area contributed by atoms with E-state index < -0.39 is 17.7 Å². The summed E-state index contributed by atoms with van der Waals surface area (Å²) < 4.78 is 4.50. The highest BCUT2D eigenvalue weighted by atomic mass is 16.5. The number of nitrogens with one attached hydrogen (secondary N) is 3. The molecule has 188 valence electrons. The molecule has 0 aliphatic heterocycles.